The number of unbranched alkanes of at least 4 members (excludes halogenated alkanes) is 1. The number of benzene rings is 1. The molecule has 8 heteroatoms. The number of aliphatic hydroxyl groups excluding tert-OH is 1. The highest BCUT2D eigenvalue weighted by atomic mass is 16.5. The lowest BCUT2D eigenvalue weighted by Gasteiger charge is -2.15. The smallest absolute Gasteiger partial charge is 0.341 e. The van der Waals surface area contributed by atoms with Crippen molar-refractivity contribution in [2.24, 2.45) is 0 Å². The number of rotatable bonds is 5. The quantitative estimate of drug-likeness (QED) is 0.217. The average molecular weight is 262 g/mol. The van der Waals surface area contributed by atoms with E-state index in [4.69, 9.17) is 9.84 Å². The van der Waals surface area contributed by atoms with Crippen molar-refractivity contribution in [2.45, 2.75) is 12.8 Å². The van der Waals surface area contributed by atoms with E-state index in [0.29, 0.717) is 29.2 Å². The number of ether oxygens (including phenoxy) is 1. The van der Waals surface area contributed by atoms with Crippen LogP contribution in [0.15, 0.2) is 0 Å². The van der Waals surface area contributed by atoms with E-state index in [1.807, 2.05) is 0 Å². The molecule has 0 amide bonds. The Balaban J connectivity index is 2.97. The predicted octanol–water partition coefficient (Wildman–Crippen LogP) is -4.20. The molecule has 0 saturated heterocycles. The van der Waals surface area contributed by atoms with Crippen molar-refractivity contribution in [3.8, 4) is 11.5 Å². The summed E-state index contributed by atoms with van der Waals surface area (Å²) < 4.78 is 5.02. The number of aromatic hydroxyl groups is 2. The van der Waals surface area contributed by atoms with Crippen molar-refractivity contribution in [1.29, 1.82) is 0 Å². The molecule has 1 rings (SSSR count). The molecule has 0 bridgehead atoms. The Morgan fingerprint density at radius 3 is 2.16 bits per heavy atom. The van der Waals surface area contributed by atoms with Gasteiger partial charge in [-0.15, -0.1) is 0 Å². The van der Waals surface area contributed by atoms with Gasteiger partial charge in [-0.2, -0.15) is 0 Å². The van der Waals surface area contributed by atoms with Gasteiger partial charge in [-0.1, -0.05) is 5.46 Å². The number of aliphatic hydroxyl groups is 1. The fourth-order valence-corrected chi connectivity index (χ4v) is 1.82. The summed E-state index contributed by atoms with van der Waals surface area (Å²) in [5, 5.41) is 28.5. The van der Waals surface area contributed by atoms with Crippen LogP contribution in [0.3, 0.4) is 0 Å². The van der Waals surface area contributed by atoms with Gasteiger partial charge >= 0.3 is 5.97 Å². The molecule has 100 valence electrons. The third-order valence-electron chi connectivity index (χ3n) is 3.23. The Kier molecular flexibility index (Phi) is 5.36. The van der Waals surface area contributed by atoms with E-state index in [2.05, 4.69) is 0 Å². The highest BCUT2D eigenvalue weighted by Crippen LogP contribution is 2.15. The Morgan fingerprint density at radius 2 is 1.58 bits per heavy atom. The van der Waals surface area contributed by atoms with E-state index >= 15 is 0 Å². The lowest BCUT2D eigenvalue weighted by Crippen LogP contribution is -2.35. The van der Waals surface area contributed by atoms with Crippen LogP contribution in [0.4, 0.5) is 0 Å². The van der Waals surface area contributed by atoms with Crippen molar-refractivity contribution in [3.05, 3.63) is 5.56 Å². The van der Waals surface area contributed by atoms with Crippen LogP contribution >= 0.6 is 0 Å². The van der Waals surface area contributed by atoms with Crippen LogP contribution in [-0.2, 0) is 4.74 Å². The standard InChI is InChI=1S/C11H17B3O5/c12-6-5(11(18)19-4-2-1-3-15)9(16)7(13)8(14)10(6)17/h15-17H,1-4,12-14H2. The van der Waals surface area contributed by atoms with Gasteiger partial charge in [0.05, 0.1) is 12.2 Å². The first-order valence-corrected chi connectivity index (χ1v) is 6.21. The van der Waals surface area contributed by atoms with Crippen molar-refractivity contribution in [3.63, 3.8) is 0 Å². The first-order valence-electron chi connectivity index (χ1n) is 6.21. The normalized spacial score (nSPS) is 10.4. The lowest BCUT2D eigenvalue weighted by atomic mass is 9.73. The van der Waals surface area contributed by atoms with E-state index < -0.39 is 5.97 Å². The SMILES string of the molecule is Bc1c(B)c(O)c(C(=O)OCCCCO)c(B)c1O. The zero-order valence-electron chi connectivity index (χ0n) is 11.5. The average Bonchev–Trinajstić information content (AvgIpc) is 2.39. The van der Waals surface area contributed by atoms with Crippen molar-refractivity contribution < 1.29 is 24.9 Å². The van der Waals surface area contributed by atoms with Crippen molar-refractivity contribution in [1.82, 2.24) is 0 Å². The molecule has 0 aliphatic rings. The molecule has 0 atom stereocenters. The summed E-state index contributed by atoms with van der Waals surface area (Å²) >= 11 is 0. The maximum absolute atomic E-state index is 11.9. The summed E-state index contributed by atoms with van der Waals surface area (Å²) in [4.78, 5) is 11.9. The Bertz CT molecular complexity index is 461. The second kappa shape index (κ2) is 6.56. The van der Waals surface area contributed by atoms with Gasteiger partial charge in [0.1, 0.15) is 35.0 Å². The second-order valence-electron chi connectivity index (χ2n) is 4.51. The maximum Gasteiger partial charge on any atom is 0.341 e. The van der Waals surface area contributed by atoms with Crippen LogP contribution in [0.25, 0.3) is 0 Å². The topological polar surface area (TPSA) is 87.0 Å². The number of hydrogen-bond donors (Lipinski definition) is 3. The fourth-order valence-electron chi connectivity index (χ4n) is 1.82. The minimum absolute atomic E-state index is 0.00221. The van der Waals surface area contributed by atoms with Gasteiger partial charge < -0.3 is 20.1 Å². The first kappa shape index (κ1) is 15.5. The van der Waals surface area contributed by atoms with Crippen LogP contribution in [0.2, 0.25) is 0 Å². The molecule has 0 heterocycles. The molecule has 19 heavy (non-hydrogen) atoms. The van der Waals surface area contributed by atoms with Crippen molar-refractivity contribution in [2.75, 3.05) is 13.2 Å². The molecular formula is C11H17B3O5. The van der Waals surface area contributed by atoms with Crippen LogP contribution in [0.1, 0.15) is 23.2 Å². The van der Waals surface area contributed by atoms with E-state index in [1.54, 1.807) is 23.5 Å². The van der Waals surface area contributed by atoms with E-state index in [1.165, 1.54) is 0 Å². The molecule has 0 aliphatic heterocycles. The number of hydrogen-bond acceptors (Lipinski definition) is 5. The third kappa shape index (κ3) is 3.26. The molecule has 1 aromatic carbocycles. The highest BCUT2D eigenvalue weighted by molar-refractivity contribution is 6.54. The van der Waals surface area contributed by atoms with Crippen LogP contribution in [0, 0.1) is 0 Å². The Morgan fingerprint density at radius 1 is 1.00 bits per heavy atom. The summed E-state index contributed by atoms with van der Waals surface area (Å²) in [6.07, 6.45) is 1.11. The molecule has 0 aromatic heterocycles. The number of phenols is 2. The molecule has 0 fully saturated rings. The van der Waals surface area contributed by atoms with E-state index in [9.17, 15) is 15.0 Å². The van der Waals surface area contributed by atoms with E-state index in [0.717, 1.165) is 0 Å². The summed E-state index contributed by atoms with van der Waals surface area (Å²) in [7, 11) is 4.87. The molecule has 3 N–H and O–H groups in total. The second-order valence-corrected chi connectivity index (χ2v) is 4.51. The summed E-state index contributed by atoms with van der Waals surface area (Å²) in [6, 6.07) is 0. The van der Waals surface area contributed by atoms with E-state index in [-0.39, 0.29) is 30.3 Å². The molecular weight excluding hydrogens is 245 g/mol. The summed E-state index contributed by atoms with van der Waals surface area (Å²) in [5.41, 5.74) is 1.33. The van der Waals surface area contributed by atoms with Gasteiger partial charge in [0, 0.05) is 6.61 Å². The number of carbonyl (C=O) groups excluding carboxylic acids is 1. The monoisotopic (exact) mass is 262 g/mol. The minimum Gasteiger partial charge on any atom is -0.509 e. The Hall–Kier alpha value is -1.56. The molecule has 0 saturated carbocycles. The summed E-state index contributed by atoms with van der Waals surface area (Å²) in [6.45, 7) is 0.220. The number of phenolic OH excluding ortho intramolecular Hbond substituents is 2. The highest BCUT2D eigenvalue weighted by Gasteiger charge is 2.22. The zero-order chi connectivity index (χ0) is 14.6. The number of esters is 1. The van der Waals surface area contributed by atoms with Crippen LogP contribution in [-0.4, -0.2) is 58.0 Å². The van der Waals surface area contributed by atoms with Gasteiger partial charge in [-0.3, -0.25) is 0 Å². The summed E-state index contributed by atoms with van der Waals surface area (Å²) in [5.74, 6) is -0.816. The van der Waals surface area contributed by atoms with Crippen molar-refractivity contribution >= 4 is 45.9 Å². The maximum atomic E-state index is 11.9. The number of carbonyl (C=O) groups is 1. The third-order valence-corrected chi connectivity index (χ3v) is 3.23. The van der Waals surface area contributed by atoms with Crippen LogP contribution < -0.4 is 16.4 Å². The first-order chi connectivity index (χ1) is 8.91. The largest absolute Gasteiger partial charge is 0.509 e. The lowest BCUT2D eigenvalue weighted by molar-refractivity contribution is 0.0491. The minimum atomic E-state index is -0.661. The molecule has 0 spiro atoms. The predicted molar refractivity (Wildman–Crippen MR) is 80.9 cm³/mol. The molecule has 1 aromatic rings. The van der Waals surface area contributed by atoms with Crippen LogP contribution in [0.5, 0.6) is 11.5 Å². The van der Waals surface area contributed by atoms with Gasteiger partial charge in [0.25, 0.3) is 0 Å². The Labute approximate surface area is 114 Å². The van der Waals surface area contributed by atoms with Gasteiger partial charge in [0.15, 0.2) is 0 Å². The molecule has 5 nitrogen and oxygen atoms in total. The van der Waals surface area contributed by atoms with Gasteiger partial charge in [-0.25, -0.2) is 4.79 Å². The fraction of sp³-hybridized carbons (Fsp3) is 0.364. The van der Waals surface area contributed by atoms with Gasteiger partial charge in [-0.05, 0) is 23.8 Å². The zero-order valence-corrected chi connectivity index (χ0v) is 11.5. The molecule has 0 unspecified atom stereocenters. The molecule has 0 radical (unpaired) electrons. The molecule has 0 aliphatic carbocycles. The van der Waals surface area contributed by atoms with Gasteiger partial charge in [0.2, 0.25) is 0 Å².